The number of piperidine rings is 1. The molecule has 1 aliphatic rings. The van der Waals surface area contributed by atoms with Crippen LogP contribution in [0.4, 0.5) is 0 Å². The molecule has 0 radical (unpaired) electrons. The molecule has 1 saturated heterocycles. The van der Waals surface area contributed by atoms with Crippen molar-refractivity contribution in [3.8, 4) is 0 Å². The minimum Gasteiger partial charge on any atom is -0.353 e. The van der Waals surface area contributed by atoms with Crippen LogP contribution in [0.25, 0.3) is 0 Å². The van der Waals surface area contributed by atoms with E-state index >= 15 is 0 Å². The van der Waals surface area contributed by atoms with Crippen LogP contribution >= 0.6 is 0 Å². The normalized spacial score (nSPS) is 20.6. The third-order valence-electron chi connectivity index (χ3n) is 3.68. The number of hydrogen-bond acceptors (Lipinski definition) is 2. The van der Waals surface area contributed by atoms with Crippen LogP contribution in [0.1, 0.15) is 73.1 Å². The summed E-state index contributed by atoms with van der Waals surface area (Å²) in [5, 5.41) is 6.64. The van der Waals surface area contributed by atoms with Gasteiger partial charge in [-0.3, -0.25) is 4.79 Å². The second-order valence-electron chi connectivity index (χ2n) is 7.40. The molecule has 0 spiro atoms. The standard InChI is InChI=1S/C17H32N2O/c1-6-7-8-9-10-18-15(20)11-14-12-16(2,3)19-17(4,5)13-14/h11,19H,6-10,12-13H2,1-5H3,(H,18,20). The molecule has 20 heavy (non-hydrogen) atoms. The highest BCUT2D eigenvalue weighted by Crippen LogP contribution is 2.32. The monoisotopic (exact) mass is 280 g/mol. The maximum Gasteiger partial charge on any atom is 0.243 e. The van der Waals surface area contributed by atoms with E-state index in [1.165, 1.54) is 24.8 Å². The van der Waals surface area contributed by atoms with Gasteiger partial charge in [0.15, 0.2) is 0 Å². The molecular weight excluding hydrogens is 248 g/mol. The first-order chi connectivity index (χ1) is 9.24. The molecule has 0 atom stereocenters. The summed E-state index contributed by atoms with van der Waals surface area (Å²) in [7, 11) is 0. The molecule has 1 fully saturated rings. The molecule has 1 aliphatic heterocycles. The number of rotatable bonds is 6. The molecule has 0 aromatic heterocycles. The third kappa shape index (κ3) is 6.56. The van der Waals surface area contributed by atoms with E-state index in [1.807, 2.05) is 6.08 Å². The summed E-state index contributed by atoms with van der Waals surface area (Å²) in [5.74, 6) is 0.0741. The fourth-order valence-corrected chi connectivity index (χ4v) is 3.30. The minimum absolute atomic E-state index is 0.0645. The van der Waals surface area contributed by atoms with E-state index in [0.29, 0.717) is 0 Å². The van der Waals surface area contributed by atoms with Crippen LogP contribution in [0, 0.1) is 0 Å². The average Bonchev–Trinajstić information content (AvgIpc) is 2.24. The van der Waals surface area contributed by atoms with E-state index in [1.54, 1.807) is 0 Å². The van der Waals surface area contributed by atoms with E-state index in [4.69, 9.17) is 0 Å². The Labute approximate surface area is 124 Å². The first kappa shape index (κ1) is 17.2. The highest BCUT2D eigenvalue weighted by atomic mass is 16.1. The highest BCUT2D eigenvalue weighted by Gasteiger charge is 2.34. The fourth-order valence-electron chi connectivity index (χ4n) is 3.30. The summed E-state index contributed by atoms with van der Waals surface area (Å²) in [6, 6.07) is 0. The van der Waals surface area contributed by atoms with Gasteiger partial charge in [-0.25, -0.2) is 0 Å². The Morgan fingerprint density at radius 1 is 1.15 bits per heavy atom. The van der Waals surface area contributed by atoms with Crippen LogP contribution in [0.2, 0.25) is 0 Å². The van der Waals surface area contributed by atoms with Gasteiger partial charge in [0.2, 0.25) is 5.91 Å². The van der Waals surface area contributed by atoms with Crippen LogP contribution in [-0.4, -0.2) is 23.5 Å². The lowest BCUT2D eigenvalue weighted by molar-refractivity contribution is -0.116. The fraction of sp³-hybridized carbons (Fsp3) is 0.824. The van der Waals surface area contributed by atoms with Gasteiger partial charge in [-0.15, -0.1) is 0 Å². The van der Waals surface area contributed by atoms with Gasteiger partial charge in [-0.2, -0.15) is 0 Å². The van der Waals surface area contributed by atoms with E-state index in [-0.39, 0.29) is 17.0 Å². The van der Waals surface area contributed by atoms with Crippen molar-refractivity contribution in [2.75, 3.05) is 6.54 Å². The summed E-state index contributed by atoms with van der Waals surface area (Å²) >= 11 is 0. The number of carbonyl (C=O) groups is 1. The lowest BCUT2D eigenvalue weighted by atomic mass is 9.79. The van der Waals surface area contributed by atoms with E-state index in [9.17, 15) is 4.79 Å². The van der Waals surface area contributed by atoms with Crippen molar-refractivity contribution >= 4 is 5.91 Å². The maximum absolute atomic E-state index is 12.0. The Balaban J connectivity index is 2.45. The second-order valence-corrected chi connectivity index (χ2v) is 7.40. The van der Waals surface area contributed by atoms with E-state index < -0.39 is 0 Å². The summed E-state index contributed by atoms with van der Waals surface area (Å²) in [5.41, 5.74) is 1.38. The van der Waals surface area contributed by atoms with Gasteiger partial charge in [0.25, 0.3) is 0 Å². The zero-order valence-corrected chi connectivity index (χ0v) is 13.9. The van der Waals surface area contributed by atoms with Gasteiger partial charge < -0.3 is 10.6 Å². The van der Waals surface area contributed by atoms with Crippen molar-refractivity contribution in [1.82, 2.24) is 10.6 Å². The Morgan fingerprint density at radius 3 is 2.30 bits per heavy atom. The van der Waals surface area contributed by atoms with Crippen LogP contribution in [0.5, 0.6) is 0 Å². The molecular formula is C17H32N2O. The molecule has 0 bridgehead atoms. The molecule has 0 aromatic rings. The summed E-state index contributed by atoms with van der Waals surface area (Å²) in [6.45, 7) is 11.8. The molecule has 0 aromatic carbocycles. The zero-order valence-electron chi connectivity index (χ0n) is 13.9. The largest absolute Gasteiger partial charge is 0.353 e. The summed E-state index contributed by atoms with van der Waals surface area (Å²) in [4.78, 5) is 12.0. The molecule has 116 valence electrons. The van der Waals surface area contributed by atoms with E-state index in [2.05, 4.69) is 45.3 Å². The SMILES string of the molecule is CCCCCCNC(=O)C=C1CC(C)(C)NC(C)(C)C1. The topological polar surface area (TPSA) is 41.1 Å². The maximum atomic E-state index is 12.0. The lowest BCUT2D eigenvalue weighted by Gasteiger charge is -2.43. The average molecular weight is 280 g/mol. The Hall–Kier alpha value is -0.830. The molecule has 1 heterocycles. The molecule has 3 nitrogen and oxygen atoms in total. The Kier molecular flexibility index (Phi) is 6.25. The minimum atomic E-state index is 0.0645. The van der Waals surface area contributed by atoms with Crippen molar-refractivity contribution in [3.05, 3.63) is 11.6 Å². The molecule has 0 aliphatic carbocycles. The number of carbonyl (C=O) groups excluding carboxylic acids is 1. The number of amides is 1. The lowest BCUT2D eigenvalue weighted by Crippen LogP contribution is -2.56. The van der Waals surface area contributed by atoms with Gasteiger partial charge >= 0.3 is 0 Å². The van der Waals surface area contributed by atoms with Gasteiger partial charge in [0, 0.05) is 23.7 Å². The van der Waals surface area contributed by atoms with Crippen molar-refractivity contribution in [2.45, 2.75) is 84.2 Å². The number of hydrogen-bond donors (Lipinski definition) is 2. The highest BCUT2D eigenvalue weighted by molar-refractivity contribution is 5.88. The third-order valence-corrected chi connectivity index (χ3v) is 3.68. The Bertz CT molecular complexity index is 338. The summed E-state index contributed by atoms with van der Waals surface area (Å²) < 4.78 is 0. The molecule has 1 amide bonds. The second kappa shape index (κ2) is 7.26. The van der Waals surface area contributed by atoms with Crippen molar-refractivity contribution < 1.29 is 4.79 Å². The summed E-state index contributed by atoms with van der Waals surface area (Å²) in [6.07, 6.45) is 8.49. The predicted molar refractivity (Wildman–Crippen MR) is 85.8 cm³/mol. The molecule has 3 heteroatoms. The molecule has 1 rings (SSSR count). The van der Waals surface area contributed by atoms with Crippen molar-refractivity contribution in [3.63, 3.8) is 0 Å². The number of unbranched alkanes of at least 4 members (excludes halogenated alkanes) is 3. The van der Waals surface area contributed by atoms with Crippen LogP contribution in [0.3, 0.4) is 0 Å². The van der Waals surface area contributed by atoms with Crippen LogP contribution < -0.4 is 10.6 Å². The van der Waals surface area contributed by atoms with Crippen LogP contribution in [-0.2, 0) is 4.79 Å². The van der Waals surface area contributed by atoms with Gasteiger partial charge in [0.05, 0.1) is 0 Å². The molecule has 0 unspecified atom stereocenters. The van der Waals surface area contributed by atoms with Gasteiger partial charge in [0.1, 0.15) is 0 Å². The van der Waals surface area contributed by atoms with Crippen molar-refractivity contribution in [2.24, 2.45) is 0 Å². The quantitative estimate of drug-likeness (QED) is 0.577. The first-order valence-electron chi connectivity index (χ1n) is 8.01. The smallest absolute Gasteiger partial charge is 0.243 e. The Morgan fingerprint density at radius 2 is 1.75 bits per heavy atom. The molecule has 0 saturated carbocycles. The van der Waals surface area contributed by atoms with Crippen molar-refractivity contribution in [1.29, 1.82) is 0 Å². The molecule has 2 N–H and O–H groups in total. The van der Waals surface area contributed by atoms with Gasteiger partial charge in [-0.05, 0) is 47.0 Å². The van der Waals surface area contributed by atoms with Crippen LogP contribution in [0.15, 0.2) is 11.6 Å². The predicted octanol–water partition coefficient (Wildman–Crippen LogP) is 3.55. The van der Waals surface area contributed by atoms with E-state index in [0.717, 1.165) is 25.8 Å². The van der Waals surface area contributed by atoms with Gasteiger partial charge in [-0.1, -0.05) is 31.8 Å². The zero-order chi connectivity index (χ0) is 15.2. The first-order valence-corrected chi connectivity index (χ1v) is 8.01. The number of nitrogens with one attached hydrogen (secondary N) is 2.